The third-order valence-corrected chi connectivity index (χ3v) is 4.75. The highest BCUT2D eigenvalue weighted by molar-refractivity contribution is 5.94. The maximum absolute atomic E-state index is 12.6. The fourth-order valence-corrected chi connectivity index (χ4v) is 3.56. The molecule has 2 aliphatic rings. The molecule has 2 aromatic rings. The minimum absolute atomic E-state index is 0.0146. The van der Waals surface area contributed by atoms with Gasteiger partial charge in [0, 0.05) is 31.4 Å². The lowest BCUT2D eigenvalue weighted by Gasteiger charge is -2.52. The molecule has 0 aromatic carbocycles. The summed E-state index contributed by atoms with van der Waals surface area (Å²) >= 11 is 0. The molecular weight excluding hydrogens is 318 g/mol. The van der Waals surface area contributed by atoms with Crippen LogP contribution < -0.4 is 4.74 Å². The van der Waals surface area contributed by atoms with E-state index in [0.29, 0.717) is 25.3 Å². The van der Waals surface area contributed by atoms with Crippen molar-refractivity contribution in [3.63, 3.8) is 0 Å². The maximum Gasteiger partial charge on any atom is 0.255 e. The first-order valence-corrected chi connectivity index (χ1v) is 8.55. The number of pyridine rings is 2. The molecule has 25 heavy (non-hydrogen) atoms. The first kappa shape index (κ1) is 16.0. The third kappa shape index (κ3) is 3.35. The van der Waals surface area contributed by atoms with Gasteiger partial charge < -0.3 is 14.4 Å². The van der Waals surface area contributed by atoms with Gasteiger partial charge in [0.1, 0.15) is 17.5 Å². The lowest BCUT2D eigenvalue weighted by atomic mass is 9.84. The molecule has 4 heterocycles. The van der Waals surface area contributed by atoms with Crippen LogP contribution in [0.15, 0.2) is 43.0 Å². The van der Waals surface area contributed by atoms with E-state index >= 15 is 0 Å². The number of nitrogens with zero attached hydrogens (tertiary/aromatic N) is 3. The van der Waals surface area contributed by atoms with E-state index in [0.717, 1.165) is 24.2 Å². The zero-order valence-corrected chi connectivity index (χ0v) is 14.2. The summed E-state index contributed by atoms with van der Waals surface area (Å²) in [5, 5.41) is 0. The molecule has 2 aromatic heterocycles. The van der Waals surface area contributed by atoms with Crippen LogP contribution in [-0.4, -0.2) is 52.2 Å². The van der Waals surface area contributed by atoms with E-state index in [4.69, 9.17) is 9.47 Å². The van der Waals surface area contributed by atoms with Crippen LogP contribution in [0.25, 0.3) is 0 Å². The lowest BCUT2D eigenvalue weighted by molar-refractivity contribution is -0.173. The number of ether oxygens (including phenoxy) is 2. The van der Waals surface area contributed by atoms with Crippen molar-refractivity contribution in [2.24, 2.45) is 0 Å². The van der Waals surface area contributed by atoms with Gasteiger partial charge in [-0.3, -0.25) is 14.8 Å². The van der Waals surface area contributed by atoms with E-state index in [1.807, 2.05) is 30.0 Å². The van der Waals surface area contributed by atoms with Crippen molar-refractivity contribution < 1.29 is 14.3 Å². The fourth-order valence-electron chi connectivity index (χ4n) is 3.56. The van der Waals surface area contributed by atoms with Crippen LogP contribution >= 0.6 is 0 Å². The second-order valence-electron chi connectivity index (χ2n) is 6.87. The van der Waals surface area contributed by atoms with Gasteiger partial charge in [0.2, 0.25) is 0 Å². The summed E-state index contributed by atoms with van der Waals surface area (Å²) in [5.74, 6) is 0.795. The Morgan fingerprint density at radius 1 is 1.32 bits per heavy atom. The maximum atomic E-state index is 12.6. The van der Waals surface area contributed by atoms with E-state index in [1.54, 1.807) is 24.8 Å². The van der Waals surface area contributed by atoms with Gasteiger partial charge in [-0.1, -0.05) is 0 Å². The van der Waals surface area contributed by atoms with Crippen LogP contribution in [-0.2, 0) is 4.74 Å². The van der Waals surface area contributed by atoms with Crippen molar-refractivity contribution in [2.45, 2.75) is 31.5 Å². The van der Waals surface area contributed by atoms with Crippen LogP contribution in [0.3, 0.4) is 0 Å². The van der Waals surface area contributed by atoms with E-state index in [9.17, 15) is 4.79 Å². The summed E-state index contributed by atoms with van der Waals surface area (Å²) in [6, 6.07) is 5.65. The predicted molar refractivity (Wildman–Crippen MR) is 91.4 cm³/mol. The molecule has 130 valence electrons. The standard InChI is InChI=1S/C19H21N3O3/c1-14-7-15(10-21-9-14)18(23)22-12-19(13-22)8-16(4-6-24-19)25-17-3-2-5-20-11-17/h2-3,5,7,9-11,16H,4,6,8,12-13H2,1H3/t16-/m0/s1. The molecule has 1 spiro atoms. The molecule has 0 N–H and O–H groups in total. The summed E-state index contributed by atoms with van der Waals surface area (Å²) in [6.07, 6.45) is 8.56. The first-order chi connectivity index (χ1) is 12.1. The minimum Gasteiger partial charge on any atom is -0.489 e. The SMILES string of the molecule is Cc1cncc(C(=O)N2CC3(C[C@@H](Oc4cccnc4)CCO3)C2)c1. The number of carbonyl (C=O) groups is 1. The number of hydrogen-bond acceptors (Lipinski definition) is 5. The molecule has 0 unspecified atom stereocenters. The van der Waals surface area contributed by atoms with Crippen molar-refractivity contribution in [3.05, 3.63) is 54.1 Å². The number of likely N-dealkylation sites (tertiary alicyclic amines) is 1. The summed E-state index contributed by atoms with van der Waals surface area (Å²) in [5.41, 5.74) is 1.34. The zero-order chi connectivity index (χ0) is 17.3. The molecule has 2 saturated heterocycles. The zero-order valence-electron chi connectivity index (χ0n) is 14.2. The molecule has 4 rings (SSSR count). The molecule has 2 aliphatic heterocycles. The molecule has 0 radical (unpaired) electrons. The number of rotatable bonds is 3. The van der Waals surface area contributed by atoms with Crippen LogP contribution in [0.5, 0.6) is 5.75 Å². The van der Waals surface area contributed by atoms with Gasteiger partial charge in [-0.25, -0.2) is 0 Å². The number of hydrogen-bond donors (Lipinski definition) is 0. The Morgan fingerprint density at radius 2 is 2.20 bits per heavy atom. The normalized spacial score (nSPS) is 21.6. The Bertz CT molecular complexity index is 760. The Morgan fingerprint density at radius 3 is 2.96 bits per heavy atom. The summed E-state index contributed by atoms with van der Waals surface area (Å²) in [6.45, 7) is 3.80. The highest BCUT2D eigenvalue weighted by Gasteiger charge is 2.50. The number of carbonyl (C=O) groups excluding carboxylic acids is 1. The average molecular weight is 339 g/mol. The predicted octanol–water partition coefficient (Wildman–Crippen LogP) is 2.24. The molecule has 0 bridgehead atoms. The Kier molecular flexibility index (Phi) is 4.13. The van der Waals surface area contributed by atoms with Gasteiger partial charge in [-0.05, 0) is 30.7 Å². The van der Waals surface area contributed by atoms with Crippen LogP contribution in [0.2, 0.25) is 0 Å². The van der Waals surface area contributed by atoms with Crippen molar-refractivity contribution in [2.75, 3.05) is 19.7 Å². The largest absolute Gasteiger partial charge is 0.489 e. The Labute approximate surface area is 146 Å². The number of amides is 1. The second-order valence-corrected chi connectivity index (χ2v) is 6.87. The number of aryl methyl sites for hydroxylation is 1. The summed E-state index contributed by atoms with van der Waals surface area (Å²) in [7, 11) is 0. The minimum atomic E-state index is -0.280. The smallest absolute Gasteiger partial charge is 0.255 e. The van der Waals surface area contributed by atoms with Crippen molar-refractivity contribution in [1.82, 2.24) is 14.9 Å². The van der Waals surface area contributed by atoms with Crippen LogP contribution in [0, 0.1) is 6.92 Å². The molecule has 0 aliphatic carbocycles. The topological polar surface area (TPSA) is 64.6 Å². The molecule has 1 amide bonds. The van der Waals surface area contributed by atoms with Gasteiger partial charge in [0.05, 0.1) is 31.5 Å². The molecule has 1 atom stereocenters. The molecule has 6 heteroatoms. The quantitative estimate of drug-likeness (QED) is 0.858. The fraction of sp³-hybridized carbons (Fsp3) is 0.421. The van der Waals surface area contributed by atoms with Crippen molar-refractivity contribution in [3.8, 4) is 5.75 Å². The lowest BCUT2D eigenvalue weighted by Crippen LogP contribution is -2.67. The first-order valence-electron chi connectivity index (χ1n) is 8.55. The van der Waals surface area contributed by atoms with Gasteiger partial charge in [0.15, 0.2) is 0 Å². The van der Waals surface area contributed by atoms with Crippen molar-refractivity contribution >= 4 is 5.91 Å². The molecular formula is C19H21N3O3. The van der Waals surface area contributed by atoms with Crippen LogP contribution in [0.1, 0.15) is 28.8 Å². The van der Waals surface area contributed by atoms with Gasteiger partial charge >= 0.3 is 0 Å². The van der Waals surface area contributed by atoms with Gasteiger partial charge in [0.25, 0.3) is 5.91 Å². The van der Waals surface area contributed by atoms with Gasteiger partial charge in [-0.2, -0.15) is 0 Å². The van der Waals surface area contributed by atoms with Crippen molar-refractivity contribution in [1.29, 1.82) is 0 Å². The molecule has 6 nitrogen and oxygen atoms in total. The van der Waals surface area contributed by atoms with E-state index in [2.05, 4.69) is 9.97 Å². The molecule has 0 saturated carbocycles. The highest BCUT2D eigenvalue weighted by atomic mass is 16.5. The number of aromatic nitrogens is 2. The Hall–Kier alpha value is -2.47. The Balaban J connectivity index is 1.37. The van der Waals surface area contributed by atoms with E-state index < -0.39 is 0 Å². The summed E-state index contributed by atoms with van der Waals surface area (Å²) in [4.78, 5) is 22.6. The van der Waals surface area contributed by atoms with E-state index in [1.165, 1.54) is 0 Å². The second kappa shape index (κ2) is 6.44. The monoisotopic (exact) mass is 339 g/mol. The molecule has 2 fully saturated rings. The highest BCUT2D eigenvalue weighted by Crippen LogP contribution is 2.36. The van der Waals surface area contributed by atoms with Crippen LogP contribution in [0.4, 0.5) is 0 Å². The van der Waals surface area contributed by atoms with Gasteiger partial charge in [-0.15, -0.1) is 0 Å². The third-order valence-electron chi connectivity index (χ3n) is 4.75. The van der Waals surface area contributed by atoms with E-state index in [-0.39, 0.29) is 17.6 Å². The summed E-state index contributed by atoms with van der Waals surface area (Å²) < 4.78 is 12.0. The average Bonchev–Trinajstić information content (AvgIpc) is 2.60.